The number of carbonyl (C=O) groups is 1. The first-order chi connectivity index (χ1) is 11.6. The summed E-state index contributed by atoms with van der Waals surface area (Å²) in [4.78, 5) is 14.5. The molecule has 0 aromatic heterocycles. The molecule has 0 bridgehead atoms. The molecule has 2 aliphatic heterocycles. The molecule has 0 radical (unpaired) electrons. The van der Waals surface area contributed by atoms with E-state index in [0.717, 1.165) is 25.0 Å². The number of nitrogens with zero attached hydrogens (tertiary/aromatic N) is 1. The highest BCUT2D eigenvalue weighted by Crippen LogP contribution is 2.31. The number of hydrogen-bond acceptors (Lipinski definition) is 4. The zero-order valence-corrected chi connectivity index (χ0v) is 14.6. The zero-order chi connectivity index (χ0) is 17.0. The summed E-state index contributed by atoms with van der Waals surface area (Å²) in [5.74, 6) is 1.07. The summed E-state index contributed by atoms with van der Waals surface area (Å²) in [5, 5.41) is 0. The molecule has 0 N–H and O–H groups in total. The Morgan fingerprint density at radius 1 is 1.17 bits per heavy atom. The average Bonchev–Trinajstić information content (AvgIpc) is 3.03. The van der Waals surface area contributed by atoms with Gasteiger partial charge in [-0.15, -0.1) is 0 Å². The maximum Gasteiger partial charge on any atom is 0.253 e. The van der Waals surface area contributed by atoms with Crippen molar-refractivity contribution in [2.45, 2.75) is 38.9 Å². The van der Waals surface area contributed by atoms with Gasteiger partial charge in [-0.2, -0.15) is 0 Å². The van der Waals surface area contributed by atoms with Gasteiger partial charge in [-0.1, -0.05) is 13.8 Å². The molecule has 0 unspecified atom stereocenters. The number of carbonyl (C=O) groups excluding carboxylic acids is 1. The molecule has 3 rings (SSSR count). The Kier molecular flexibility index (Phi) is 5.41. The van der Waals surface area contributed by atoms with Crippen molar-refractivity contribution in [1.82, 2.24) is 4.90 Å². The lowest BCUT2D eigenvalue weighted by atomic mass is 10.0. The van der Waals surface area contributed by atoms with Gasteiger partial charge in [0.25, 0.3) is 5.91 Å². The molecule has 2 heterocycles. The van der Waals surface area contributed by atoms with Crippen LogP contribution in [0.25, 0.3) is 0 Å². The van der Waals surface area contributed by atoms with Crippen LogP contribution in [0.5, 0.6) is 5.75 Å². The van der Waals surface area contributed by atoms with Gasteiger partial charge in [0.15, 0.2) is 5.79 Å². The minimum atomic E-state index is -0.440. The van der Waals surface area contributed by atoms with E-state index in [1.807, 2.05) is 29.2 Å². The Bertz CT molecular complexity index is 539. The van der Waals surface area contributed by atoms with Gasteiger partial charge < -0.3 is 19.1 Å². The van der Waals surface area contributed by atoms with Gasteiger partial charge in [-0.25, -0.2) is 0 Å². The van der Waals surface area contributed by atoms with Gasteiger partial charge in [-0.05, 0) is 36.6 Å². The summed E-state index contributed by atoms with van der Waals surface area (Å²) < 4.78 is 17.1. The molecule has 5 heteroatoms. The van der Waals surface area contributed by atoms with E-state index in [1.54, 1.807) is 0 Å². The topological polar surface area (TPSA) is 48.0 Å². The van der Waals surface area contributed by atoms with Crippen LogP contribution < -0.4 is 4.74 Å². The second-order valence-corrected chi connectivity index (χ2v) is 6.96. The summed E-state index contributed by atoms with van der Waals surface area (Å²) in [6.07, 6.45) is 2.52. The third kappa shape index (κ3) is 4.08. The normalized spacial score (nSPS) is 19.9. The van der Waals surface area contributed by atoms with Crippen LogP contribution in [0.15, 0.2) is 24.3 Å². The Hall–Kier alpha value is -1.59. The summed E-state index contributed by atoms with van der Waals surface area (Å²) >= 11 is 0. The lowest BCUT2D eigenvalue weighted by Crippen LogP contribution is -2.47. The molecular formula is C19H27NO4. The molecule has 0 aliphatic carbocycles. The molecule has 1 amide bonds. The number of benzene rings is 1. The van der Waals surface area contributed by atoms with Crippen molar-refractivity contribution in [2.75, 3.05) is 32.9 Å². The molecule has 1 aromatic carbocycles. The van der Waals surface area contributed by atoms with E-state index in [0.29, 0.717) is 44.4 Å². The van der Waals surface area contributed by atoms with Crippen molar-refractivity contribution >= 4 is 5.91 Å². The minimum Gasteiger partial charge on any atom is -0.494 e. The molecule has 5 nitrogen and oxygen atoms in total. The number of amides is 1. The highest BCUT2D eigenvalue weighted by Gasteiger charge is 2.40. The zero-order valence-electron chi connectivity index (χ0n) is 14.6. The second-order valence-electron chi connectivity index (χ2n) is 6.96. The fourth-order valence-corrected chi connectivity index (χ4v) is 3.12. The van der Waals surface area contributed by atoms with Crippen molar-refractivity contribution in [3.05, 3.63) is 29.8 Å². The molecule has 1 aromatic rings. The maximum atomic E-state index is 12.6. The molecule has 2 aliphatic rings. The predicted molar refractivity (Wildman–Crippen MR) is 91.2 cm³/mol. The smallest absolute Gasteiger partial charge is 0.253 e. The summed E-state index contributed by atoms with van der Waals surface area (Å²) in [6, 6.07) is 7.45. The fraction of sp³-hybridized carbons (Fsp3) is 0.632. The number of likely N-dealkylation sites (tertiary alicyclic amines) is 1. The SMILES string of the molecule is CC(C)CCOc1ccc(C(=O)N2CCC3(CC2)OCCO3)cc1. The van der Waals surface area contributed by atoms with Gasteiger partial charge in [-0.3, -0.25) is 4.79 Å². The van der Waals surface area contributed by atoms with Gasteiger partial charge in [0.2, 0.25) is 0 Å². The van der Waals surface area contributed by atoms with Crippen LogP contribution in [0.2, 0.25) is 0 Å². The van der Waals surface area contributed by atoms with Gasteiger partial charge in [0.1, 0.15) is 5.75 Å². The standard InChI is InChI=1S/C19H27NO4/c1-15(2)7-12-22-17-5-3-16(4-6-17)18(21)20-10-8-19(9-11-20)23-13-14-24-19/h3-6,15H,7-14H2,1-2H3. The Morgan fingerprint density at radius 2 is 1.79 bits per heavy atom. The number of piperidine rings is 1. The van der Waals surface area contributed by atoms with E-state index in [9.17, 15) is 4.79 Å². The van der Waals surface area contributed by atoms with Crippen molar-refractivity contribution in [3.63, 3.8) is 0 Å². The number of rotatable bonds is 5. The minimum absolute atomic E-state index is 0.0663. The van der Waals surface area contributed by atoms with Crippen molar-refractivity contribution in [3.8, 4) is 5.75 Å². The Balaban J connectivity index is 1.52. The number of ether oxygens (including phenoxy) is 3. The Morgan fingerprint density at radius 3 is 2.38 bits per heavy atom. The first-order valence-corrected chi connectivity index (χ1v) is 8.88. The molecule has 0 saturated carbocycles. The maximum absolute atomic E-state index is 12.6. The van der Waals surface area contributed by atoms with Crippen LogP contribution in [0.1, 0.15) is 43.5 Å². The van der Waals surface area contributed by atoms with E-state index in [-0.39, 0.29) is 5.91 Å². The van der Waals surface area contributed by atoms with Crippen molar-refractivity contribution in [2.24, 2.45) is 5.92 Å². The third-order valence-corrected chi connectivity index (χ3v) is 4.69. The van der Waals surface area contributed by atoms with Crippen LogP contribution in [0, 0.1) is 5.92 Å². The highest BCUT2D eigenvalue weighted by atomic mass is 16.7. The first-order valence-electron chi connectivity index (χ1n) is 8.88. The molecule has 2 fully saturated rings. The monoisotopic (exact) mass is 333 g/mol. The molecule has 132 valence electrons. The van der Waals surface area contributed by atoms with Gasteiger partial charge >= 0.3 is 0 Å². The average molecular weight is 333 g/mol. The van der Waals surface area contributed by atoms with Crippen molar-refractivity contribution in [1.29, 1.82) is 0 Å². The summed E-state index contributed by atoms with van der Waals surface area (Å²) in [7, 11) is 0. The van der Waals surface area contributed by atoms with E-state index in [4.69, 9.17) is 14.2 Å². The van der Waals surface area contributed by atoms with E-state index in [2.05, 4.69) is 13.8 Å². The first kappa shape index (κ1) is 17.2. The van der Waals surface area contributed by atoms with Crippen LogP contribution in [-0.2, 0) is 9.47 Å². The largest absolute Gasteiger partial charge is 0.494 e. The summed E-state index contributed by atoms with van der Waals surface area (Å²) in [5.41, 5.74) is 0.704. The Labute approximate surface area is 143 Å². The fourth-order valence-electron chi connectivity index (χ4n) is 3.12. The van der Waals surface area contributed by atoms with E-state index < -0.39 is 5.79 Å². The molecule has 0 atom stereocenters. The molecular weight excluding hydrogens is 306 g/mol. The quantitative estimate of drug-likeness (QED) is 0.831. The third-order valence-electron chi connectivity index (χ3n) is 4.69. The lowest BCUT2D eigenvalue weighted by Gasteiger charge is -2.37. The van der Waals surface area contributed by atoms with Crippen LogP contribution in [0.3, 0.4) is 0 Å². The van der Waals surface area contributed by atoms with Gasteiger partial charge in [0, 0.05) is 31.5 Å². The predicted octanol–water partition coefficient (Wildman–Crippen LogP) is 3.09. The van der Waals surface area contributed by atoms with Crippen molar-refractivity contribution < 1.29 is 19.0 Å². The summed E-state index contributed by atoms with van der Waals surface area (Å²) in [6.45, 7) is 7.72. The molecule has 2 saturated heterocycles. The molecule has 1 spiro atoms. The second kappa shape index (κ2) is 7.53. The number of hydrogen-bond donors (Lipinski definition) is 0. The van der Waals surface area contributed by atoms with E-state index >= 15 is 0 Å². The highest BCUT2D eigenvalue weighted by molar-refractivity contribution is 5.94. The van der Waals surface area contributed by atoms with Crippen LogP contribution in [0.4, 0.5) is 0 Å². The van der Waals surface area contributed by atoms with Crippen LogP contribution >= 0.6 is 0 Å². The molecule has 24 heavy (non-hydrogen) atoms. The van der Waals surface area contributed by atoms with Gasteiger partial charge in [0.05, 0.1) is 19.8 Å². The lowest BCUT2D eigenvalue weighted by molar-refractivity contribution is -0.181. The van der Waals surface area contributed by atoms with E-state index in [1.165, 1.54) is 0 Å². The van der Waals surface area contributed by atoms with Crippen LogP contribution in [-0.4, -0.2) is 49.5 Å².